The van der Waals surface area contributed by atoms with E-state index in [1.807, 2.05) is 29.7 Å². The number of carbonyl (C=O) groups is 2. The highest BCUT2D eigenvalue weighted by Crippen LogP contribution is 2.46. The van der Waals surface area contributed by atoms with Crippen LogP contribution in [0.1, 0.15) is 53.9 Å². The molecule has 0 bridgehead atoms. The third-order valence-electron chi connectivity index (χ3n) is 8.51. The molecule has 15 nitrogen and oxygen atoms in total. The zero-order valence-electron chi connectivity index (χ0n) is 24.1. The summed E-state index contributed by atoms with van der Waals surface area (Å²) in [5.74, 6) is 1.90. The Bertz CT molecular complexity index is 1950. The molecular weight excluding hydrogens is 564 g/mol. The van der Waals surface area contributed by atoms with E-state index in [0.29, 0.717) is 53.5 Å². The zero-order chi connectivity index (χ0) is 30.1. The number of hydrogen-bond acceptors (Lipinski definition) is 11. The molecule has 1 unspecified atom stereocenters. The summed E-state index contributed by atoms with van der Waals surface area (Å²) >= 11 is 0. The second-order valence-electron chi connectivity index (χ2n) is 11.7. The number of aryl methyl sites for hydroxylation is 1. The molecule has 0 aromatic carbocycles. The molecule has 3 atom stereocenters. The van der Waals surface area contributed by atoms with Gasteiger partial charge in [-0.05, 0) is 49.8 Å². The molecule has 0 radical (unpaired) electrons. The topological polar surface area (TPSA) is 171 Å². The van der Waals surface area contributed by atoms with Crippen LogP contribution in [0.2, 0.25) is 0 Å². The number of imidazole rings is 1. The van der Waals surface area contributed by atoms with Crippen LogP contribution < -0.4 is 15.5 Å². The van der Waals surface area contributed by atoms with Crippen molar-refractivity contribution in [3.05, 3.63) is 65.9 Å². The van der Waals surface area contributed by atoms with Crippen LogP contribution in [0, 0.1) is 12.8 Å². The number of hydrogen-bond donors (Lipinski definition) is 3. The van der Waals surface area contributed by atoms with Crippen molar-refractivity contribution in [2.24, 2.45) is 5.92 Å². The number of aliphatic hydroxyl groups excluding tert-OH is 1. The van der Waals surface area contributed by atoms with Gasteiger partial charge in [-0.3, -0.25) is 9.59 Å². The van der Waals surface area contributed by atoms with E-state index < -0.39 is 6.35 Å². The zero-order valence-corrected chi connectivity index (χ0v) is 24.1. The highest BCUT2D eigenvalue weighted by atomic mass is 16.3. The van der Waals surface area contributed by atoms with Gasteiger partial charge < -0.3 is 29.9 Å². The van der Waals surface area contributed by atoms with E-state index in [9.17, 15) is 14.7 Å². The lowest BCUT2D eigenvalue weighted by Crippen LogP contribution is -2.37. The van der Waals surface area contributed by atoms with Crippen molar-refractivity contribution in [2.75, 3.05) is 29.1 Å². The predicted octanol–water partition coefficient (Wildman–Crippen LogP) is 1.66. The second kappa shape index (κ2) is 9.94. The van der Waals surface area contributed by atoms with Crippen LogP contribution in [0.3, 0.4) is 0 Å². The molecule has 3 N–H and O–H groups in total. The Labute approximate surface area is 251 Å². The molecule has 2 aliphatic carbocycles. The van der Waals surface area contributed by atoms with Crippen molar-refractivity contribution in [1.82, 2.24) is 43.8 Å². The fourth-order valence-electron chi connectivity index (χ4n) is 5.79. The fraction of sp³-hybridized carbons (Fsp3) is 0.379. The summed E-state index contributed by atoms with van der Waals surface area (Å²) in [6.07, 6.45) is 9.00. The summed E-state index contributed by atoms with van der Waals surface area (Å²) < 4.78 is 3.52. The Morgan fingerprint density at radius 2 is 2.00 bits per heavy atom. The Balaban J connectivity index is 1.03. The van der Waals surface area contributed by atoms with Crippen molar-refractivity contribution in [3.63, 3.8) is 0 Å². The number of pyridine rings is 1. The minimum Gasteiger partial charge on any atom is -0.364 e. The molecular formula is C29H30N12O3. The van der Waals surface area contributed by atoms with Gasteiger partial charge in [-0.25, -0.2) is 15.0 Å². The van der Waals surface area contributed by atoms with E-state index in [2.05, 4.69) is 41.9 Å². The Morgan fingerprint density at radius 1 is 1.14 bits per heavy atom. The van der Waals surface area contributed by atoms with E-state index in [0.717, 1.165) is 29.8 Å². The molecule has 15 heteroatoms. The van der Waals surface area contributed by atoms with E-state index in [-0.39, 0.29) is 30.2 Å². The average molecular weight is 595 g/mol. The number of aromatic nitrogens is 8. The smallest absolute Gasteiger partial charge is 0.256 e. The quantitative estimate of drug-likeness (QED) is 0.239. The van der Waals surface area contributed by atoms with Gasteiger partial charge in [0, 0.05) is 49.2 Å². The standard InChI is InChI=1S/C29H30N12O3/c1-15-5-6-30-25(34-15)19-8-20(19)27(43)36-22-9-23(41-28(37-22)32-14-33-41)31-10-18-12-39-11-17(16-3-4-16)7-21(26(39)35-18)40-13-24(42)38(2)29(40)44/h5-7,9,11-12,14,16,19-20,29,31,44H,3-4,8,10,13H2,1-2H3,(H,32,33,36,37,43)/t19-,20-,29?/m0/s1. The van der Waals surface area contributed by atoms with Gasteiger partial charge in [0.25, 0.3) is 5.78 Å². The van der Waals surface area contributed by atoms with Crippen LogP contribution in [-0.4, -0.2) is 80.7 Å². The first kappa shape index (κ1) is 26.4. The Kier molecular flexibility index (Phi) is 5.97. The molecule has 6 heterocycles. The minimum atomic E-state index is -1.06. The molecule has 3 fully saturated rings. The van der Waals surface area contributed by atoms with Gasteiger partial charge in [0.05, 0.1) is 17.9 Å². The van der Waals surface area contributed by atoms with Crippen LogP contribution in [0.25, 0.3) is 11.4 Å². The fourth-order valence-corrected chi connectivity index (χ4v) is 5.79. The van der Waals surface area contributed by atoms with E-state index in [1.165, 1.54) is 11.2 Å². The van der Waals surface area contributed by atoms with Gasteiger partial charge in [-0.2, -0.15) is 19.6 Å². The molecule has 8 rings (SSSR count). The highest BCUT2D eigenvalue weighted by molar-refractivity contribution is 5.94. The molecule has 224 valence electrons. The van der Waals surface area contributed by atoms with Gasteiger partial charge in [-0.1, -0.05) is 0 Å². The first-order valence-electron chi connectivity index (χ1n) is 14.6. The van der Waals surface area contributed by atoms with Crippen LogP contribution in [0.4, 0.5) is 17.3 Å². The molecule has 0 spiro atoms. The average Bonchev–Trinajstić information content (AvgIpc) is 3.91. The maximum atomic E-state index is 13.1. The minimum absolute atomic E-state index is 0.00937. The molecule has 2 amide bonds. The first-order valence-corrected chi connectivity index (χ1v) is 14.6. The lowest BCUT2D eigenvalue weighted by atomic mass is 10.1. The lowest BCUT2D eigenvalue weighted by molar-refractivity contribution is -0.130. The number of fused-ring (bicyclic) bond motifs is 2. The summed E-state index contributed by atoms with van der Waals surface area (Å²) in [6.45, 7) is 2.32. The predicted molar refractivity (Wildman–Crippen MR) is 158 cm³/mol. The summed E-state index contributed by atoms with van der Waals surface area (Å²) in [5.41, 5.74) is 4.13. The van der Waals surface area contributed by atoms with E-state index in [4.69, 9.17) is 4.98 Å². The number of aliphatic hydroxyl groups is 1. The summed E-state index contributed by atoms with van der Waals surface area (Å²) in [6, 6.07) is 5.59. The number of rotatable bonds is 8. The van der Waals surface area contributed by atoms with Gasteiger partial charge >= 0.3 is 0 Å². The van der Waals surface area contributed by atoms with Crippen LogP contribution in [0.5, 0.6) is 0 Å². The number of nitrogens with one attached hydrogen (secondary N) is 2. The van der Waals surface area contributed by atoms with Crippen LogP contribution in [0.15, 0.2) is 43.1 Å². The van der Waals surface area contributed by atoms with Crippen molar-refractivity contribution in [1.29, 1.82) is 0 Å². The summed E-state index contributed by atoms with van der Waals surface area (Å²) in [7, 11) is 1.59. The third kappa shape index (κ3) is 4.65. The molecule has 5 aromatic rings. The second-order valence-corrected chi connectivity index (χ2v) is 11.7. The largest absolute Gasteiger partial charge is 0.364 e. The third-order valence-corrected chi connectivity index (χ3v) is 8.51. The highest BCUT2D eigenvalue weighted by Gasteiger charge is 2.46. The van der Waals surface area contributed by atoms with Crippen LogP contribution in [-0.2, 0) is 16.1 Å². The van der Waals surface area contributed by atoms with Crippen LogP contribution >= 0.6 is 0 Å². The van der Waals surface area contributed by atoms with Crippen molar-refractivity contribution < 1.29 is 14.7 Å². The van der Waals surface area contributed by atoms with Gasteiger partial charge in [0.2, 0.25) is 18.2 Å². The van der Waals surface area contributed by atoms with E-state index in [1.54, 1.807) is 28.7 Å². The summed E-state index contributed by atoms with van der Waals surface area (Å²) in [4.78, 5) is 50.8. The summed E-state index contributed by atoms with van der Waals surface area (Å²) in [5, 5.41) is 21.3. The SMILES string of the molecule is Cc1ccnc([C@H]2C[C@@H]2C(=O)Nc2cc(NCc3cn4cc(C5CC5)cc(N5CC(=O)N(C)C5O)c4n3)n3ncnc3n2)n1. The Morgan fingerprint density at radius 3 is 2.77 bits per heavy atom. The maximum absolute atomic E-state index is 13.1. The van der Waals surface area contributed by atoms with Gasteiger partial charge in [0.1, 0.15) is 30.3 Å². The lowest BCUT2D eigenvalue weighted by Gasteiger charge is -2.24. The van der Waals surface area contributed by atoms with E-state index >= 15 is 0 Å². The Hall–Kier alpha value is -5.18. The number of likely N-dealkylation sites (N-methyl/N-ethyl adjacent to an activating group) is 1. The molecule has 3 aliphatic rings. The number of carbonyl (C=O) groups excluding carboxylic acids is 2. The van der Waals surface area contributed by atoms with Crippen molar-refractivity contribution >= 4 is 40.6 Å². The molecule has 1 saturated heterocycles. The number of amides is 2. The van der Waals surface area contributed by atoms with Gasteiger partial charge in [-0.15, -0.1) is 0 Å². The molecule has 5 aromatic heterocycles. The first-order chi connectivity index (χ1) is 21.3. The van der Waals surface area contributed by atoms with Crippen molar-refractivity contribution in [2.45, 2.75) is 50.9 Å². The maximum Gasteiger partial charge on any atom is 0.256 e. The molecule has 44 heavy (non-hydrogen) atoms. The van der Waals surface area contributed by atoms with Gasteiger partial charge in [0.15, 0.2) is 5.65 Å². The normalized spacial score (nSPS) is 21.4. The van der Waals surface area contributed by atoms with Crippen molar-refractivity contribution in [3.8, 4) is 0 Å². The number of nitrogens with zero attached hydrogens (tertiary/aromatic N) is 10. The monoisotopic (exact) mass is 594 g/mol. The molecule has 1 aliphatic heterocycles. The number of anilines is 3. The molecule has 2 saturated carbocycles.